The lowest BCUT2D eigenvalue weighted by molar-refractivity contribution is 0.0940. The predicted octanol–water partition coefficient (Wildman–Crippen LogP) is -0.309. The summed E-state index contributed by atoms with van der Waals surface area (Å²) in [5, 5.41) is 2.87. The van der Waals surface area contributed by atoms with E-state index in [9.17, 15) is 13.2 Å². The largest absolute Gasteiger partial charge is 0.351 e. The van der Waals surface area contributed by atoms with E-state index in [-0.39, 0.29) is 10.8 Å². The Bertz CT molecular complexity index is 678. The van der Waals surface area contributed by atoms with Crippen LogP contribution in [0.2, 0.25) is 0 Å². The third-order valence-electron chi connectivity index (χ3n) is 4.64. The van der Waals surface area contributed by atoms with E-state index in [0.29, 0.717) is 12.2 Å². The Morgan fingerprint density at radius 1 is 1.20 bits per heavy atom. The standard InChI is InChI=1S/C16H29N5O3S/c1-4-20-8-10-21(11-9-20)7-5-6-18-16(22)15-12-14(13-19(15)3)25(23,24)17-2/h12-13,17H,4-11H2,1-3H3,(H,18,22). The zero-order chi connectivity index (χ0) is 18.4. The maximum Gasteiger partial charge on any atom is 0.267 e. The van der Waals surface area contributed by atoms with Crippen LogP contribution in [-0.4, -0.2) is 81.6 Å². The summed E-state index contributed by atoms with van der Waals surface area (Å²) in [5.74, 6) is -0.254. The van der Waals surface area contributed by atoms with Crippen LogP contribution >= 0.6 is 0 Å². The Balaban J connectivity index is 1.77. The molecule has 0 bridgehead atoms. The lowest BCUT2D eigenvalue weighted by Gasteiger charge is -2.33. The van der Waals surface area contributed by atoms with Crippen molar-refractivity contribution in [2.24, 2.45) is 7.05 Å². The van der Waals surface area contributed by atoms with Gasteiger partial charge in [-0.1, -0.05) is 6.92 Å². The molecule has 0 aromatic carbocycles. The predicted molar refractivity (Wildman–Crippen MR) is 97.2 cm³/mol. The van der Waals surface area contributed by atoms with Crippen LogP contribution in [0.1, 0.15) is 23.8 Å². The molecule has 0 atom stereocenters. The van der Waals surface area contributed by atoms with E-state index in [4.69, 9.17) is 0 Å². The number of aryl methyl sites for hydroxylation is 1. The Kier molecular flexibility index (Phi) is 7.00. The summed E-state index contributed by atoms with van der Waals surface area (Å²) in [7, 11) is -0.528. The van der Waals surface area contributed by atoms with Gasteiger partial charge in [0.2, 0.25) is 10.0 Å². The van der Waals surface area contributed by atoms with Gasteiger partial charge in [0.15, 0.2) is 0 Å². The summed E-state index contributed by atoms with van der Waals surface area (Å²) in [6.45, 7) is 9.18. The van der Waals surface area contributed by atoms with Gasteiger partial charge >= 0.3 is 0 Å². The first-order chi connectivity index (χ1) is 11.9. The summed E-state index contributed by atoms with van der Waals surface area (Å²) in [4.78, 5) is 17.2. The molecule has 0 aliphatic carbocycles. The zero-order valence-electron chi connectivity index (χ0n) is 15.3. The number of piperazine rings is 1. The highest BCUT2D eigenvalue weighted by Gasteiger charge is 2.19. The molecule has 1 aliphatic heterocycles. The van der Waals surface area contributed by atoms with Crippen molar-refractivity contribution in [3.8, 4) is 0 Å². The van der Waals surface area contributed by atoms with Crippen molar-refractivity contribution in [2.75, 3.05) is 52.9 Å². The van der Waals surface area contributed by atoms with Gasteiger partial charge in [-0.2, -0.15) is 0 Å². The fourth-order valence-electron chi connectivity index (χ4n) is 2.95. The summed E-state index contributed by atoms with van der Waals surface area (Å²) in [5.41, 5.74) is 0.338. The van der Waals surface area contributed by atoms with E-state index in [1.54, 1.807) is 7.05 Å². The molecule has 8 nitrogen and oxygen atoms in total. The molecule has 2 N–H and O–H groups in total. The number of aromatic nitrogens is 1. The second-order valence-electron chi connectivity index (χ2n) is 6.26. The van der Waals surface area contributed by atoms with Crippen LogP contribution in [0, 0.1) is 0 Å². The van der Waals surface area contributed by atoms with E-state index in [2.05, 4.69) is 26.8 Å². The smallest absolute Gasteiger partial charge is 0.267 e. The molecule has 1 amide bonds. The molecule has 0 spiro atoms. The number of sulfonamides is 1. The Morgan fingerprint density at radius 3 is 2.44 bits per heavy atom. The zero-order valence-corrected chi connectivity index (χ0v) is 16.1. The molecule has 1 aromatic heterocycles. The number of nitrogens with one attached hydrogen (secondary N) is 2. The number of rotatable bonds is 8. The van der Waals surface area contributed by atoms with Crippen LogP contribution in [0.25, 0.3) is 0 Å². The molecular weight excluding hydrogens is 342 g/mol. The van der Waals surface area contributed by atoms with Crippen LogP contribution in [0.3, 0.4) is 0 Å². The van der Waals surface area contributed by atoms with Crippen molar-refractivity contribution < 1.29 is 13.2 Å². The first-order valence-corrected chi connectivity index (χ1v) is 10.2. The van der Waals surface area contributed by atoms with Gasteiger partial charge in [-0.15, -0.1) is 0 Å². The highest BCUT2D eigenvalue weighted by molar-refractivity contribution is 7.89. The molecule has 1 fully saturated rings. The first-order valence-electron chi connectivity index (χ1n) is 8.70. The molecule has 0 radical (unpaired) electrons. The highest BCUT2D eigenvalue weighted by atomic mass is 32.2. The van der Waals surface area contributed by atoms with Gasteiger partial charge in [0.1, 0.15) is 10.6 Å². The third-order valence-corrected chi connectivity index (χ3v) is 6.02. The SMILES string of the molecule is CCN1CCN(CCCNC(=O)c2cc(S(=O)(=O)NC)cn2C)CC1. The molecule has 9 heteroatoms. The van der Waals surface area contributed by atoms with Crippen molar-refractivity contribution in [3.63, 3.8) is 0 Å². The fraction of sp³-hybridized carbons (Fsp3) is 0.688. The monoisotopic (exact) mass is 371 g/mol. The maximum absolute atomic E-state index is 12.3. The lowest BCUT2D eigenvalue weighted by Crippen LogP contribution is -2.46. The maximum atomic E-state index is 12.3. The molecule has 0 unspecified atom stereocenters. The highest BCUT2D eigenvalue weighted by Crippen LogP contribution is 2.13. The van der Waals surface area contributed by atoms with Crippen LogP contribution < -0.4 is 10.0 Å². The number of amides is 1. The van der Waals surface area contributed by atoms with Crippen molar-refractivity contribution in [1.29, 1.82) is 0 Å². The van der Waals surface area contributed by atoms with Gasteiger partial charge in [-0.3, -0.25) is 4.79 Å². The van der Waals surface area contributed by atoms with Crippen molar-refractivity contribution in [1.82, 2.24) is 24.4 Å². The van der Waals surface area contributed by atoms with E-state index in [1.165, 1.54) is 23.9 Å². The number of nitrogens with zero attached hydrogens (tertiary/aromatic N) is 3. The molecule has 25 heavy (non-hydrogen) atoms. The van der Waals surface area contributed by atoms with E-state index in [0.717, 1.165) is 45.7 Å². The van der Waals surface area contributed by atoms with Crippen molar-refractivity contribution in [3.05, 3.63) is 18.0 Å². The van der Waals surface area contributed by atoms with Crippen LogP contribution in [-0.2, 0) is 17.1 Å². The summed E-state index contributed by atoms with van der Waals surface area (Å²) < 4.78 is 27.4. The molecule has 1 aliphatic rings. The minimum Gasteiger partial charge on any atom is -0.351 e. The molecule has 2 heterocycles. The Hall–Kier alpha value is -1.42. The van der Waals surface area contributed by atoms with Gasteiger partial charge < -0.3 is 19.7 Å². The number of carbonyl (C=O) groups excluding carboxylic acids is 1. The Labute approximate surface area is 150 Å². The third kappa shape index (κ3) is 5.27. The molecule has 2 rings (SSSR count). The van der Waals surface area contributed by atoms with E-state index >= 15 is 0 Å². The normalized spacial score (nSPS) is 16.9. The first kappa shape index (κ1) is 19.9. The molecule has 1 saturated heterocycles. The summed E-state index contributed by atoms with van der Waals surface area (Å²) >= 11 is 0. The van der Waals surface area contributed by atoms with Gasteiger partial charge in [0, 0.05) is 46.0 Å². The van der Waals surface area contributed by atoms with Gasteiger partial charge in [0.25, 0.3) is 5.91 Å². The molecular formula is C16H29N5O3S. The van der Waals surface area contributed by atoms with Gasteiger partial charge in [-0.25, -0.2) is 13.1 Å². The summed E-state index contributed by atoms with van der Waals surface area (Å²) in [6, 6.07) is 1.39. The van der Waals surface area contributed by atoms with Gasteiger partial charge in [-0.05, 0) is 32.6 Å². The number of likely N-dealkylation sites (N-methyl/N-ethyl adjacent to an activating group) is 1. The number of hydrogen-bond donors (Lipinski definition) is 2. The average molecular weight is 372 g/mol. The molecule has 142 valence electrons. The van der Waals surface area contributed by atoms with E-state index < -0.39 is 10.0 Å². The minimum absolute atomic E-state index is 0.0939. The van der Waals surface area contributed by atoms with Crippen LogP contribution in [0.5, 0.6) is 0 Å². The summed E-state index contributed by atoms with van der Waals surface area (Å²) in [6.07, 6.45) is 2.32. The number of hydrogen-bond acceptors (Lipinski definition) is 5. The second-order valence-corrected chi connectivity index (χ2v) is 8.15. The quantitative estimate of drug-likeness (QED) is 0.612. The van der Waals surface area contributed by atoms with Gasteiger partial charge in [0.05, 0.1) is 0 Å². The second kappa shape index (κ2) is 8.79. The Morgan fingerprint density at radius 2 is 1.84 bits per heavy atom. The number of carbonyl (C=O) groups is 1. The lowest BCUT2D eigenvalue weighted by atomic mass is 10.3. The molecule has 1 aromatic rings. The minimum atomic E-state index is -3.54. The van der Waals surface area contributed by atoms with Crippen LogP contribution in [0.15, 0.2) is 17.2 Å². The van der Waals surface area contributed by atoms with E-state index in [1.807, 2.05) is 0 Å². The van der Waals surface area contributed by atoms with Crippen molar-refractivity contribution >= 4 is 15.9 Å². The molecule has 0 saturated carbocycles. The topological polar surface area (TPSA) is 86.7 Å². The average Bonchev–Trinajstić information content (AvgIpc) is 3.02. The van der Waals surface area contributed by atoms with Crippen LogP contribution in [0.4, 0.5) is 0 Å². The van der Waals surface area contributed by atoms with Crippen molar-refractivity contribution in [2.45, 2.75) is 18.2 Å². The fourth-order valence-corrected chi connectivity index (χ4v) is 3.75.